The third kappa shape index (κ3) is 4.73. The van der Waals surface area contributed by atoms with Gasteiger partial charge < -0.3 is 4.74 Å². The Balaban J connectivity index is 1.65. The van der Waals surface area contributed by atoms with Gasteiger partial charge in [-0.25, -0.2) is 9.67 Å². The standard InChI is InChI=1S/C25H22N4O3/c1-32-22-12-6-5-11-20(22)21-14-15-24(30)29(27-21)18-25(31)28(23-13-7-8-16-26-23)17-19-9-3-2-4-10-19/h2-16H,17-18H2,1H3. The van der Waals surface area contributed by atoms with Crippen LogP contribution in [0.4, 0.5) is 5.82 Å². The average Bonchev–Trinajstić information content (AvgIpc) is 2.85. The maximum Gasteiger partial charge on any atom is 0.267 e. The lowest BCUT2D eigenvalue weighted by Crippen LogP contribution is -2.37. The molecule has 160 valence electrons. The van der Waals surface area contributed by atoms with E-state index in [1.165, 1.54) is 10.7 Å². The fourth-order valence-corrected chi connectivity index (χ4v) is 3.35. The normalized spacial score (nSPS) is 10.5. The van der Waals surface area contributed by atoms with E-state index in [1.807, 2.05) is 60.7 Å². The van der Waals surface area contributed by atoms with Crippen molar-refractivity contribution in [3.8, 4) is 17.0 Å². The molecule has 0 atom stereocenters. The van der Waals surface area contributed by atoms with Crippen molar-refractivity contribution in [3.05, 3.63) is 107 Å². The van der Waals surface area contributed by atoms with E-state index in [2.05, 4.69) is 10.1 Å². The van der Waals surface area contributed by atoms with Gasteiger partial charge in [0.05, 0.1) is 19.3 Å². The fraction of sp³-hybridized carbons (Fsp3) is 0.120. The molecule has 4 aromatic rings. The van der Waals surface area contributed by atoms with Crippen LogP contribution in [0.3, 0.4) is 0 Å². The molecule has 0 saturated carbocycles. The highest BCUT2D eigenvalue weighted by molar-refractivity contribution is 5.92. The first-order chi connectivity index (χ1) is 15.7. The summed E-state index contributed by atoms with van der Waals surface area (Å²) in [5.74, 6) is 0.852. The Hall–Kier alpha value is -4.26. The zero-order chi connectivity index (χ0) is 22.3. The zero-order valence-electron chi connectivity index (χ0n) is 17.6. The Kier molecular flexibility index (Phi) is 6.36. The summed E-state index contributed by atoms with van der Waals surface area (Å²) in [5.41, 5.74) is 1.87. The van der Waals surface area contributed by atoms with E-state index in [1.54, 1.807) is 36.4 Å². The highest BCUT2D eigenvalue weighted by Gasteiger charge is 2.19. The molecule has 0 bridgehead atoms. The number of carbonyl (C=O) groups is 1. The second-order valence-corrected chi connectivity index (χ2v) is 7.07. The monoisotopic (exact) mass is 426 g/mol. The summed E-state index contributed by atoms with van der Waals surface area (Å²) in [6, 6.07) is 25.4. The molecule has 0 aliphatic heterocycles. The third-order valence-electron chi connectivity index (χ3n) is 4.94. The molecule has 0 aliphatic rings. The molecular weight excluding hydrogens is 404 g/mol. The summed E-state index contributed by atoms with van der Waals surface area (Å²) in [6.07, 6.45) is 1.63. The van der Waals surface area contributed by atoms with Gasteiger partial charge in [-0.15, -0.1) is 0 Å². The summed E-state index contributed by atoms with van der Waals surface area (Å²) >= 11 is 0. The number of hydrogen-bond donors (Lipinski definition) is 0. The van der Waals surface area contributed by atoms with Gasteiger partial charge in [-0.2, -0.15) is 5.10 Å². The first-order valence-electron chi connectivity index (χ1n) is 10.1. The molecule has 0 unspecified atom stereocenters. The van der Waals surface area contributed by atoms with E-state index in [0.717, 1.165) is 11.1 Å². The smallest absolute Gasteiger partial charge is 0.267 e. The lowest BCUT2D eigenvalue weighted by atomic mass is 10.1. The Labute approximate surface area is 185 Å². The molecular formula is C25H22N4O3. The van der Waals surface area contributed by atoms with Gasteiger partial charge in [0.15, 0.2) is 0 Å². The number of hydrogen-bond acceptors (Lipinski definition) is 5. The third-order valence-corrected chi connectivity index (χ3v) is 4.94. The minimum Gasteiger partial charge on any atom is -0.496 e. The van der Waals surface area contributed by atoms with Crippen molar-refractivity contribution >= 4 is 11.7 Å². The van der Waals surface area contributed by atoms with E-state index in [9.17, 15) is 9.59 Å². The number of ether oxygens (including phenoxy) is 1. The van der Waals surface area contributed by atoms with Crippen LogP contribution in [-0.2, 0) is 17.9 Å². The molecule has 0 radical (unpaired) electrons. The van der Waals surface area contributed by atoms with Crippen molar-refractivity contribution in [2.75, 3.05) is 12.0 Å². The zero-order valence-corrected chi connectivity index (χ0v) is 17.6. The van der Waals surface area contributed by atoms with Gasteiger partial charge in [0.2, 0.25) is 5.91 Å². The van der Waals surface area contributed by atoms with Gasteiger partial charge >= 0.3 is 0 Å². The molecule has 1 amide bonds. The second-order valence-electron chi connectivity index (χ2n) is 7.07. The largest absolute Gasteiger partial charge is 0.496 e. The molecule has 0 aliphatic carbocycles. The molecule has 7 heteroatoms. The minimum atomic E-state index is -0.363. The van der Waals surface area contributed by atoms with Gasteiger partial charge in [-0.1, -0.05) is 48.5 Å². The predicted octanol–water partition coefficient (Wildman–Crippen LogP) is 3.55. The van der Waals surface area contributed by atoms with Crippen molar-refractivity contribution in [2.45, 2.75) is 13.1 Å². The van der Waals surface area contributed by atoms with Crippen LogP contribution in [-0.4, -0.2) is 27.8 Å². The van der Waals surface area contributed by atoms with Crippen molar-refractivity contribution < 1.29 is 9.53 Å². The van der Waals surface area contributed by atoms with Crippen molar-refractivity contribution in [1.82, 2.24) is 14.8 Å². The maximum absolute atomic E-state index is 13.3. The SMILES string of the molecule is COc1ccccc1-c1ccc(=O)n(CC(=O)N(Cc2ccccc2)c2ccccn2)n1. The molecule has 0 N–H and O–H groups in total. The van der Waals surface area contributed by atoms with Crippen LogP contribution in [0.15, 0.2) is 95.9 Å². The molecule has 32 heavy (non-hydrogen) atoms. The lowest BCUT2D eigenvalue weighted by Gasteiger charge is -2.22. The summed E-state index contributed by atoms with van der Waals surface area (Å²) < 4.78 is 6.57. The molecule has 0 fully saturated rings. The van der Waals surface area contributed by atoms with Gasteiger partial charge in [0.1, 0.15) is 18.1 Å². The lowest BCUT2D eigenvalue weighted by molar-refractivity contribution is -0.119. The summed E-state index contributed by atoms with van der Waals surface area (Å²) in [4.78, 5) is 31.7. The summed E-state index contributed by atoms with van der Waals surface area (Å²) in [5, 5.41) is 4.43. The van der Waals surface area contributed by atoms with Crippen LogP contribution in [0.25, 0.3) is 11.3 Å². The van der Waals surface area contributed by atoms with Gasteiger partial charge in [-0.05, 0) is 35.9 Å². The number of nitrogens with zero attached hydrogens (tertiary/aromatic N) is 4. The number of para-hydroxylation sites is 1. The second kappa shape index (κ2) is 9.70. The van der Waals surface area contributed by atoms with Crippen molar-refractivity contribution in [2.24, 2.45) is 0 Å². The van der Waals surface area contributed by atoms with E-state index < -0.39 is 0 Å². The number of carbonyl (C=O) groups excluding carboxylic acids is 1. The van der Waals surface area contributed by atoms with E-state index >= 15 is 0 Å². The Morgan fingerprint density at radius 3 is 2.44 bits per heavy atom. The van der Waals surface area contributed by atoms with Crippen LogP contribution >= 0.6 is 0 Å². The fourth-order valence-electron chi connectivity index (χ4n) is 3.35. The first kappa shape index (κ1) is 21.0. The molecule has 4 rings (SSSR count). The van der Waals surface area contributed by atoms with E-state index in [4.69, 9.17) is 4.74 Å². The quantitative estimate of drug-likeness (QED) is 0.452. The van der Waals surface area contributed by atoms with Crippen LogP contribution in [0.2, 0.25) is 0 Å². The number of methoxy groups -OCH3 is 1. The highest BCUT2D eigenvalue weighted by atomic mass is 16.5. The van der Waals surface area contributed by atoms with Crippen molar-refractivity contribution in [1.29, 1.82) is 0 Å². The maximum atomic E-state index is 13.3. The van der Waals surface area contributed by atoms with Crippen molar-refractivity contribution in [3.63, 3.8) is 0 Å². The number of rotatable bonds is 7. The van der Waals surface area contributed by atoms with Crippen LogP contribution < -0.4 is 15.2 Å². The number of anilines is 1. The number of aromatic nitrogens is 3. The van der Waals surface area contributed by atoms with E-state index in [-0.39, 0.29) is 18.0 Å². The Morgan fingerprint density at radius 1 is 0.938 bits per heavy atom. The Morgan fingerprint density at radius 2 is 1.69 bits per heavy atom. The summed E-state index contributed by atoms with van der Waals surface area (Å²) in [6.45, 7) is 0.114. The van der Waals surface area contributed by atoms with Crippen LogP contribution in [0.1, 0.15) is 5.56 Å². The molecule has 2 aromatic heterocycles. The minimum absolute atomic E-state index is 0.217. The van der Waals surface area contributed by atoms with Crippen LogP contribution in [0.5, 0.6) is 5.75 Å². The van der Waals surface area contributed by atoms with Gasteiger partial charge in [-0.3, -0.25) is 14.5 Å². The Bertz CT molecular complexity index is 1260. The average molecular weight is 426 g/mol. The van der Waals surface area contributed by atoms with Gasteiger partial charge in [0.25, 0.3) is 5.56 Å². The summed E-state index contributed by atoms with van der Waals surface area (Å²) in [7, 11) is 1.58. The van der Waals surface area contributed by atoms with Gasteiger partial charge in [0, 0.05) is 17.8 Å². The molecule has 0 spiro atoms. The molecule has 2 heterocycles. The number of pyridine rings is 1. The molecule has 7 nitrogen and oxygen atoms in total. The molecule has 2 aromatic carbocycles. The number of amides is 1. The molecule has 0 saturated heterocycles. The van der Waals surface area contributed by atoms with Crippen LogP contribution in [0, 0.1) is 0 Å². The highest BCUT2D eigenvalue weighted by Crippen LogP contribution is 2.27. The first-order valence-corrected chi connectivity index (χ1v) is 10.1. The number of benzene rings is 2. The van der Waals surface area contributed by atoms with E-state index in [0.29, 0.717) is 23.8 Å². The predicted molar refractivity (Wildman–Crippen MR) is 122 cm³/mol. The topological polar surface area (TPSA) is 77.3 Å².